The van der Waals surface area contributed by atoms with Crippen LogP contribution in [0.15, 0.2) is 115 Å². The van der Waals surface area contributed by atoms with Gasteiger partial charge in [-0.2, -0.15) is 0 Å². The molecular formula is C32H35NO5. The minimum absolute atomic E-state index is 0.0581. The van der Waals surface area contributed by atoms with E-state index >= 15 is 0 Å². The lowest BCUT2D eigenvalue weighted by molar-refractivity contribution is 0.0786. The molecule has 6 heteroatoms. The number of hydrogen-bond donors (Lipinski definition) is 1. The highest BCUT2D eigenvalue weighted by Gasteiger charge is 2.18. The second kappa shape index (κ2) is 15.1. The van der Waals surface area contributed by atoms with Crippen LogP contribution in [0.5, 0.6) is 11.5 Å². The third-order valence-corrected chi connectivity index (χ3v) is 5.64. The number of amides is 1. The quantitative estimate of drug-likeness (QED) is 0.260. The molecule has 3 aromatic rings. The smallest absolute Gasteiger partial charge is 0.409 e. The number of benzene rings is 3. The summed E-state index contributed by atoms with van der Waals surface area (Å²) in [7, 11) is 1.59. The maximum absolute atomic E-state index is 12.4. The molecule has 6 nitrogen and oxygen atoms in total. The first-order valence-electron chi connectivity index (χ1n) is 12.4. The normalized spacial score (nSPS) is 12.1. The number of hydrogen-bond acceptors (Lipinski definition) is 5. The van der Waals surface area contributed by atoms with E-state index < -0.39 is 12.2 Å². The number of ether oxygens (including phenoxy) is 3. The molecule has 0 heterocycles. The Morgan fingerprint density at radius 3 is 2.24 bits per heavy atom. The summed E-state index contributed by atoms with van der Waals surface area (Å²) in [4.78, 5) is 13.8. The molecule has 1 N–H and O–H groups in total. The van der Waals surface area contributed by atoms with E-state index in [1.165, 1.54) is 4.90 Å². The van der Waals surface area contributed by atoms with Crippen molar-refractivity contribution in [1.82, 2.24) is 4.90 Å². The highest BCUT2D eigenvalue weighted by atomic mass is 16.6. The van der Waals surface area contributed by atoms with E-state index in [-0.39, 0.29) is 13.2 Å². The number of carbonyl (C=O) groups is 1. The van der Waals surface area contributed by atoms with E-state index in [0.29, 0.717) is 30.3 Å². The molecule has 3 aromatic carbocycles. The Balaban J connectivity index is 1.68. The van der Waals surface area contributed by atoms with E-state index in [4.69, 9.17) is 14.2 Å². The SMILES string of the molecule is C=C/C=C\C=C(/C)COc1cc([C@@H](O)CN(C)C(=O)OCc2ccccc2)ccc1OCc1ccccc1. The van der Waals surface area contributed by atoms with Crippen molar-refractivity contribution >= 4 is 6.09 Å². The lowest BCUT2D eigenvalue weighted by Gasteiger charge is -2.22. The van der Waals surface area contributed by atoms with Gasteiger partial charge in [0.15, 0.2) is 11.5 Å². The Morgan fingerprint density at radius 1 is 0.921 bits per heavy atom. The lowest BCUT2D eigenvalue weighted by atomic mass is 10.1. The van der Waals surface area contributed by atoms with Gasteiger partial charge in [-0.05, 0) is 41.3 Å². The van der Waals surface area contributed by atoms with E-state index in [2.05, 4.69) is 6.58 Å². The van der Waals surface area contributed by atoms with Gasteiger partial charge in [0.25, 0.3) is 0 Å². The zero-order valence-corrected chi connectivity index (χ0v) is 22.0. The Labute approximate surface area is 225 Å². The Hall–Kier alpha value is -4.29. The molecule has 0 fully saturated rings. The highest BCUT2D eigenvalue weighted by Crippen LogP contribution is 2.32. The number of aliphatic hydroxyl groups is 1. The molecule has 0 radical (unpaired) electrons. The summed E-state index contributed by atoms with van der Waals surface area (Å²) >= 11 is 0. The van der Waals surface area contributed by atoms with Gasteiger partial charge in [0.2, 0.25) is 0 Å². The molecule has 0 saturated heterocycles. The van der Waals surface area contributed by atoms with Crippen LogP contribution in [-0.2, 0) is 18.0 Å². The Kier molecular flexibility index (Phi) is 11.2. The molecule has 0 aliphatic carbocycles. The van der Waals surface area contributed by atoms with Crippen molar-refractivity contribution < 1.29 is 24.1 Å². The molecule has 0 spiro atoms. The van der Waals surface area contributed by atoms with Crippen molar-refractivity contribution in [3.8, 4) is 11.5 Å². The summed E-state index contributed by atoms with van der Waals surface area (Å²) in [5.74, 6) is 1.07. The first-order chi connectivity index (χ1) is 18.5. The first kappa shape index (κ1) is 28.3. The maximum Gasteiger partial charge on any atom is 0.409 e. The molecular weight excluding hydrogens is 478 g/mol. The minimum Gasteiger partial charge on any atom is -0.485 e. The van der Waals surface area contributed by atoms with Crippen molar-refractivity contribution in [3.63, 3.8) is 0 Å². The van der Waals surface area contributed by atoms with Crippen LogP contribution < -0.4 is 9.47 Å². The van der Waals surface area contributed by atoms with Crippen LogP contribution >= 0.6 is 0 Å². The van der Waals surface area contributed by atoms with Crippen molar-refractivity contribution in [2.45, 2.75) is 26.2 Å². The average molecular weight is 514 g/mol. The summed E-state index contributed by atoms with van der Waals surface area (Å²) in [6, 6.07) is 24.6. The molecule has 38 heavy (non-hydrogen) atoms. The van der Waals surface area contributed by atoms with E-state index in [0.717, 1.165) is 16.7 Å². The molecule has 198 valence electrons. The van der Waals surface area contributed by atoms with Crippen LogP contribution in [0.2, 0.25) is 0 Å². The van der Waals surface area contributed by atoms with Gasteiger partial charge in [0.1, 0.15) is 19.8 Å². The molecule has 3 rings (SSSR count). The number of aliphatic hydroxyl groups excluding tert-OH is 1. The number of carbonyl (C=O) groups excluding carboxylic acids is 1. The predicted molar refractivity (Wildman–Crippen MR) is 150 cm³/mol. The van der Waals surface area contributed by atoms with Gasteiger partial charge >= 0.3 is 6.09 Å². The van der Waals surface area contributed by atoms with Crippen LogP contribution in [0.4, 0.5) is 4.79 Å². The number of nitrogens with zero attached hydrogens (tertiary/aromatic N) is 1. The second-order valence-corrected chi connectivity index (χ2v) is 8.84. The largest absolute Gasteiger partial charge is 0.485 e. The summed E-state index contributed by atoms with van der Waals surface area (Å²) < 4.78 is 17.5. The van der Waals surface area contributed by atoms with Crippen LogP contribution in [-0.4, -0.2) is 36.3 Å². The zero-order valence-electron chi connectivity index (χ0n) is 22.0. The number of likely N-dealkylation sites (N-methyl/N-ethyl adjacent to an activating group) is 1. The summed E-state index contributed by atoms with van der Waals surface area (Å²) in [5.41, 5.74) is 3.53. The topological polar surface area (TPSA) is 68.2 Å². The minimum atomic E-state index is -0.943. The molecule has 1 amide bonds. The molecule has 0 aromatic heterocycles. The Morgan fingerprint density at radius 2 is 1.58 bits per heavy atom. The number of allylic oxidation sites excluding steroid dienone is 4. The molecule has 0 aliphatic heterocycles. The van der Waals surface area contributed by atoms with Crippen molar-refractivity contribution in [2.24, 2.45) is 0 Å². The molecule has 0 unspecified atom stereocenters. The summed E-state index contributed by atoms with van der Waals surface area (Å²) in [6.45, 7) is 6.58. The van der Waals surface area contributed by atoms with E-state index in [9.17, 15) is 9.90 Å². The van der Waals surface area contributed by atoms with Crippen molar-refractivity contribution in [1.29, 1.82) is 0 Å². The molecule has 0 bridgehead atoms. The fourth-order valence-corrected chi connectivity index (χ4v) is 3.51. The fourth-order valence-electron chi connectivity index (χ4n) is 3.51. The van der Waals surface area contributed by atoms with Crippen molar-refractivity contribution in [3.05, 3.63) is 132 Å². The summed E-state index contributed by atoms with van der Waals surface area (Å²) in [5, 5.41) is 10.9. The number of rotatable bonds is 13. The zero-order chi connectivity index (χ0) is 27.2. The predicted octanol–water partition coefficient (Wildman–Crippen LogP) is 6.63. The lowest BCUT2D eigenvalue weighted by Crippen LogP contribution is -2.31. The van der Waals surface area contributed by atoms with Gasteiger partial charge in [-0.3, -0.25) is 0 Å². The van der Waals surface area contributed by atoms with E-state index in [1.54, 1.807) is 31.3 Å². The third-order valence-electron chi connectivity index (χ3n) is 5.64. The van der Waals surface area contributed by atoms with Crippen LogP contribution in [0.3, 0.4) is 0 Å². The first-order valence-corrected chi connectivity index (χ1v) is 12.4. The van der Waals surface area contributed by atoms with Gasteiger partial charge < -0.3 is 24.2 Å². The van der Waals surface area contributed by atoms with Gasteiger partial charge in [0, 0.05) is 7.05 Å². The monoisotopic (exact) mass is 513 g/mol. The summed E-state index contributed by atoms with van der Waals surface area (Å²) in [6.07, 6.45) is 5.93. The Bertz CT molecular complexity index is 1220. The molecule has 0 saturated carbocycles. The van der Waals surface area contributed by atoms with Crippen LogP contribution in [0.1, 0.15) is 29.7 Å². The van der Waals surface area contributed by atoms with Crippen LogP contribution in [0.25, 0.3) is 0 Å². The van der Waals surface area contributed by atoms with Gasteiger partial charge in [-0.25, -0.2) is 4.79 Å². The second-order valence-electron chi connectivity index (χ2n) is 8.84. The van der Waals surface area contributed by atoms with Crippen LogP contribution in [0, 0.1) is 0 Å². The van der Waals surface area contributed by atoms with Crippen molar-refractivity contribution in [2.75, 3.05) is 20.2 Å². The molecule has 0 aliphatic rings. The molecule has 1 atom stereocenters. The average Bonchev–Trinajstić information content (AvgIpc) is 2.95. The maximum atomic E-state index is 12.4. The van der Waals surface area contributed by atoms with Gasteiger partial charge in [-0.15, -0.1) is 0 Å². The highest BCUT2D eigenvalue weighted by molar-refractivity contribution is 5.67. The standard InChI is InChI=1S/C32H35NO5/c1-4-5-8-13-25(2)22-36-31-20-28(18-19-30(31)37-23-26-14-9-6-10-15-26)29(34)21-33(3)32(35)38-24-27-16-11-7-12-17-27/h4-20,29,34H,1,21-24H2,2-3H3/b8-5-,25-13+/t29-/m0/s1. The van der Waals surface area contributed by atoms with Gasteiger partial charge in [0.05, 0.1) is 12.6 Å². The third kappa shape index (κ3) is 9.30. The fraction of sp³-hybridized carbons (Fsp3) is 0.219. The van der Waals surface area contributed by atoms with E-state index in [1.807, 2.05) is 85.8 Å². The van der Waals surface area contributed by atoms with Gasteiger partial charge in [-0.1, -0.05) is 97.6 Å².